The molecular formula is C71H75BN4. The lowest BCUT2D eigenvalue weighted by Crippen LogP contribution is -2.60. The highest BCUT2D eigenvalue weighted by molar-refractivity contribution is 7.00. The minimum absolute atomic E-state index is 0.0101. The quantitative estimate of drug-likeness (QED) is 0.155. The maximum atomic E-state index is 5.64. The average molecular weight is 995 g/mol. The smallest absolute Gasteiger partial charge is 0.252 e. The van der Waals surface area contributed by atoms with E-state index in [9.17, 15) is 0 Å². The van der Waals surface area contributed by atoms with E-state index in [1.54, 1.807) is 0 Å². The van der Waals surface area contributed by atoms with E-state index in [4.69, 9.17) is 4.98 Å². The Morgan fingerprint density at radius 1 is 0.434 bits per heavy atom. The van der Waals surface area contributed by atoms with Gasteiger partial charge < -0.3 is 9.47 Å². The highest BCUT2D eigenvalue weighted by Gasteiger charge is 2.44. The Morgan fingerprint density at radius 2 is 1.00 bits per heavy atom. The molecule has 0 amide bonds. The third-order valence-corrected chi connectivity index (χ3v) is 16.9. The topological polar surface area (TPSA) is 26.0 Å². The maximum Gasteiger partial charge on any atom is 0.252 e. The summed E-state index contributed by atoms with van der Waals surface area (Å²) >= 11 is 0. The molecule has 0 unspecified atom stereocenters. The summed E-state index contributed by atoms with van der Waals surface area (Å²) in [6, 6.07) is 58.9. The fourth-order valence-corrected chi connectivity index (χ4v) is 12.6. The number of hydrogen-bond acceptors (Lipinski definition) is 2. The van der Waals surface area contributed by atoms with Crippen LogP contribution in [0.5, 0.6) is 0 Å². The molecule has 4 nitrogen and oxygen atoms in total. The van der Waals surface area contributed by atoms with Gasteiger partial charge in [0.05, 0.1) is 22.2 Å². The van der Waals surface area contributed by atoms with Crippen molar-refractivity contribution in [2.75, 3.05) is 4.90 Å². The lowest BCUT2D eigenvalue weighted by molar-refractivity contribution is 0.590. The molecule has 0 N–H and O–H groups in total. The number of benzene rings is 8. The van der Waals surface area contributed by atoms with Crippen molar-refractivity contribution >= 4 is 73.0 Å². The third kappa shape index (κ3) is 7.81. The molecule has 0 saturated carbocycles. The van der Waals surface area contributed by atoms with Crippen molar-refractivity contribution in [2.45, 2.75) is 144 Å². The number of hydrogen-bond donors (Lipinski definition) is 0. The van der Waals surface area contributed by atoms with Crippen LogP contribution in [0.4, 0.5) is 17.1 Å². The molecule has 12 rings (SSSR count). The number of nitrogens with zero attached hydrogens (tertiary/aromatic N) is 4. The highest BCUT2D eigenvalue weighted by atomic mass is 15.2. The van der Waals surface area contributed by atoms with Crippen LogP contribution in [0.2, 0.25) is 0 Å². The van der Waals surface area contributed by atoms with Crippen LogP contribution in [0, 0.1) is 0 Å². The van der Waals surface area contributed by atoms with Gasteiger partial charge in [0.2, 0.25) is 0 Å². The number of aromatic nitrogens is 3. The molecule has 2 aromatic heterocycles. The Balaban J connectivity index is 1.27. The fourth-order valence-electron chi connectivity index (χ4n) is 12.6. The summed E-state index contributed by atoms with van der Waals surface area (Å²) in [4.78, 5) is 8.25. The summed E-state index contributed by atoms with van der Waals surface area (Å²) in [5, 5.41) is 2.64. The number of fused-ring (bicyclic) bond motifs is 8. The molecule has 382 valence electrons. The average Bonchev–Trinajstić information content (AvgIpc) is 4.14. The zero-order valence-corrected chi connectivity index (χ0v) is 48.0. The summed E-state index contributed by atoms with van der Waals surface area (Å²) < 4.78 is 5.19. The zero-order valence-electron chi connectivity index (χ0n) is 48.0. The van der Waals surface area contributed by atoms with Crippen molar-refractivity contribution in [1.29, 1.82) is 0 Å². The highest BCUT2D eigenvalue weighted by Crippen LogP contribution is 2.48. The van der Waals surface area contributed by atoms with Gasteiger partial charge in [-0.25, -0.2) is 4.98 Å². The second-order valence-corrected chi connectivity index (χ2v) is 27.0. The van der Waals surface area contributed by atoms with Gasteiger partial charge in [0, 0.05) is 50.2 Å². The van der Waals surface area contributed by atoms with Crippen LogP contribution in [0.1, 0.15) is 156 Å². The van der Waals surface area contributed by atoms with Crippen molar-refractivity contribution in [3.8, 4) is 33.9 Å². The lowest BCUT2D eigenvalue weighted by Gasteiger charge is -2.41. The summed E-state index contributed by atoms with van der Waals surface area (Å²) in [7, 11) is 0. The largest absolute Gasteiger partial charge is 0.311 e. The number of anilines is 3. The van der Waals surface area contributed by atoms with Gasteiger partial charge in [0.25, 0.3) is 6.71 Å². The minimum atomic E-state index is -0.0802. The van der Waals surface area contributed by atoms with Gasteiger partial charge >= 0.3 is 0 Å². The first-order chi connectivity index (χ1) is 35.9. The van der Waals surface area contributed by atoms with E-state index in [-0.39, 0.29) is 40.2 Å². The van der Waals surface area contributed by atoms with Crippen LogP contribution in [-0.4, -0.2) is 20.8 Å². The standard InChI is InChI=1S/C71H75BN4/c1-42(2)51-24-20-25-52(43(3)4)64(51)76-66-53(26-21-27-58(66)73-67(76)44-22-18-17-19-23-44)45-36-61-63-62(37-45)75-59-34-30-47(69(8,9)10)38-54(59)55-39-49(71(14,15)16)41-57(65(55)75)72(63)56-40-48(70(11,12)13)31-35-60(56)74(61)50-32-28-46(29-33-50)68(5,6)7/h17-43H,1-16H3. The summed E-state index contributed by atoms with van der Waals surface area (Å²) in [5.41, 5.74) is 26.1. The van der Waals surface area contributed by atoms with Gasteiger partial charge in [-0.3, -0.25) is 4.57 Å². The normalized spacial score (nSPS) is 13.7. The molecule has 2 aliphatic heterocycles. The van der Waals surface area contributed by atoms with Crippen molar-refractivity contribution in [2.24, 2.45) is 0 Å². The van der Waals surface area contributed by atoms with Crippen molar-refractivity contribution in [3.05, 3.63) is 185 Å². The van der Waals surface area contributed by atoms with Crippen LogP contribution in [-0.2, 0) is 21.7 Å². The van der Waals surface area contributed by atoms with Crippen LogP contribution < -0.4 is 21.3 Å². The van der Waals surface area contributed by atoms with Crippen molar-refractivity contribution < 1.29 is 0 Å². The molecule has 0 atom stereocenters. The second kappa shape index (κ2) is 17.2. The van der Waals surface area contributed by atoms with Gasteiger partial charge in [-0.15, -0.1) is 0 Å². The van der Waals surface area contributed by atoms with Crippen LogP contribution in [0.15, 0.2) is 152 Å². The van der Waals surface area contributed by atoms with E-state index in [2.05, 4.69) is 276 Å². The predicted octanol–water partition coefficient (Wildman–Crippen LogP) is 17.5. The van der Waals surface area contributed by atoms with E-state index in [1.165, 1.54) is 94.3 Å². The Labute approximate surface area is 452 Å². The zero-order chi connectivity index (χ0) is 53.7. The molecule has 5 heteroatoms. The predicted molar refractivity (Wildman–Crippen MR) is 329 cm³/mol. The summed E-state index contributed by atoms with van der Waals surface area (Å²) in [5.74, 6) is 1.52. The Bertz CT molecular complexity index is 3940. The first kappa shape index (κ1) is 49.8. The van der Waals surface area contributed by atoms with E-state index >= 15 is 0 Å². The molecule has 4 heterocycles. The van der Waals surface area contributed by atoms with E-state index in [1.807, 2.05) is 0 Å². The van der Waals surface area contributed by atoms with E-state index in [0.29, 0.717) is 0 Å². The van der Waals surface area contributed by atoms with Crippen LogP contribution >= 0.6 is 0 Å². The Morgan fingerprint density at radius 3 is 1.63 bits per heavy atom. The van der Waals surface area contributed by atoms with Crippen LogP contribution in [0.3, 0.4) is 0 Å². The second-order valence-electron chi connectivity index (χ2n) is 27.0. The molecule has 0 fully saturated rings. The van der Waals surface area contributed by atoms with Gasteiger partial charge in [-0.1, -0.05) is 208 Å². The van der Waals surface area contributed by atoms with E-state index in [0.717, 1.165) is 39.2 Å². The van der Waals surface area contributed by atoms with Gasteiger partial charge in [0.1, 0.15) is 5.82 Å². The number of imidazole rings is 1. The number of para-hydroxylation sites is 2. The molecule has 0 bridgehead atoms. The molecule has 76 heavy (non-hydrogen) atoms. The summed E-state index contributed by atoms with van der Waals surface area (Å²) in [6.45, 7) is 37.4. The Kier molecular flexibility index (Phi) is 11.3. The third-order valence-electron chi connectivity index (χ3n) is 16.9. The molecular weight excluding hydrogens is 920 g/mol. The fraction of sp³-hybridized carbons (Fsp3) is 0.310. The lowest BCUT2D eigenvalue weighted by atomic mass is 9.33. The molecule has 8 aromatic carbocycles. The summed E-state index contributed by atoms with van der Waals surface area (Å²) in [6.07, 6.45) is 0. The molecule has 10 aromatic rings. The molecule has 0 aliphatic carbocycles. The molecule has 0 radical (unpaired) electrons. The van der Waals surface area contributed by atoms with Crippen molar-refractivity contribution in [3.63, 3.8) is 0 Å². The first-order valence-corrected chi connectivity index (χ1v) is 28.0. The van der Waals surface area contributed by atoms with Crippen LogP contribution in [0.25, 0.3) is 66.7 Å². The monoisotopic (exact) mass is 995 g/mol. The van der Waals surface area contributed by atoms with E-state index < -0.39 is 0 Å². The molecule has 2 aliphatic rings. The first-order valence-electron chi connectivity index (χ1n) is 28.0. The van der Waals surface area contributed by atoms with Gasteiger partial charge in [-0.05, 0) is 143 Å². The number of rotatable bonds is 6. The van der Waals surface area contributed by atoms with Gasteiger partial charge in [-0.2, -0.15) is 0 Å². The molecule has 0 spiro atoms. The Hall–Kier alpha value is -7.11. The molecule has 0 saturated heterocycles. The maximum absolute atomic E-state index is 5.64. The SMILES string of the molecule is CC(C)c1cccc(C(C)C)c1-n1c(-c2ccccc2)nc2cccc(-c3cc4c5c(c3)-n3c6ccc(C(C)(C)C)cc6c6cc(C(C)(C)C)cc(c63)B5c3cc(C(C)(C)C)ccc3N4c3ccc(C(C)(C)C)cc3)c21. The van der Waals surface area contributed by atoms with Gasteiger partial charge in [0.15, 0.2) is 0 Å². The van der Waals surface area contributed by atoms with Crippen molar-refractivity contribution in [1.82, 2.24) is 14.1 Å². The minimum Gasteiger partial charge on any atom is -0.311 e.